The number of anilines is 2. The van der Waals surface area contributed by atoms with Crippen LogP contribution < -0.4 is 9.62 Å². The van der Waals surface area contributed by atoms with Crippen molar-refractivity contribution in [2.75, 3.05) is 16.7 Å². The molecule has 0 radical (unpaired) electrons. The van der Waals surface area contributed by atoms with Crippen LogP contribution in [0.2, 0.25) is 5.02 Å². The molecule has 0 atom stereocenters. The second kappa shape index (κ2) is 8.47. The van der Waals surface area contributed by atoms with Crippen molar-refractivity contribution in [1.82, 2.24) is 9.78 Å². The van der Waals surface area contributed by atoms with E-state index in [1.54, 1.807) is 12.1 Å². The lowest BCUT2D eigenvalue weighted by molar-refractivity contribution is -0.137. The average Bonchev–Trinajstić information content (AvgIpc) is 3.09. The Labute approximate surface area is 187 Å². The van der Waals surface area contributed by atoms with E-state index in [9.17, 15) is 26.4 Å². The Morgan fingerprint density at radius 2 is 1.78 bits per heavy atom. The minimum atomic E-state index is -4.71. The van der Waals surface area contributed by atoms with Crippen molar-refractivity contribution in [2.24, 2.45) is 7.05 Å². The minimum Gasteiger partial charge on any atom is -0.322 e. The van der Waals surface area contributed by atoms with Gasteiger partial charge in [0.05, 0.1) is 21.7 Å². The van der Waals surface area contributed by atoms with Crippen LogP contribution in [-0.4, -0.2) is 31.2 Å². The maximum absolute atomic E-state index is 13.1. The normalized spacial score (nSPS) is 12.0. The van der Waals surface area contributed by atoms with E-state index < -0.39 is 32.7 Å². The number of rotatable bonds is 5. The van der Waals surface area contributed by atoms with Crippen LogP contribution in [0.5, 0.6) is 0 Å². The minimum absolute atomic E-state index is 0.00526. The third-order valence-corrected chi connectivity index (χ3v) is 6.75. The van der Waals surface area contributed by atoms with E-state index in [0.717, 1.165) is 22.1 Å². The van der Waals surface area contributed by atoms with E-state index in [2.05, 4.69) is 10.4 Å². The van der Waals surface area contributed by atoms with Gasteiger partial charge in [0.25, 0.3) is 15.9 Å². The smallest absolute Gasteiger partial charge is 0.322 e. The predicted molar refractivity (Wildman–Crippen MR) is 114 cm³/mol. The monoisotopic (exact) mass is 486 g/mol. The number of hydrogen-bond donors (Lipinski definition) is 1. The Hall–Kier alpha value is -3.05. The number of alkyl halides is 3. The van der Waals surface area contributed by atoms with Crippen LogP contribution in [0, 0.1) is 6.92 Å². The van der Waals surface area contributed by atoms with Gasteiger partial charge < -0.3 is 5.32 Å². The number of benzene rings is 2. The van der Waals surface area contributed by atoms with Crippen LogP contribution in [0.4, 0.5) is 24.7 Å². The zero-order valence-corrected chi connectivity index (χ0v) is 18.7. The first-order chi connectivity index (χ1) is 14.8. The summed E-state index contributed by atoms with van der Waals surface area (Å²) in [5.41, 5.74) is -0.546. The van der Waals surface area contributed by atoms with Crippen LogP contribution in [-0.2, 0) is 23.2 Å². The molecule has 1 N–H and O–H groups in total. The van der Waals surface area contributed by atoms with Crippen molar-refractivity contribution in [3.8, 4) is 0 Å². The van der Waals surface area contributed by atoms with E-state index >= 15 is 0 Å². The van der Waals surface area contributed by atoms with E-state index in [4.69, 9.17) is 11.6 Å². The van der Waals surface area contributed by atoms with Crippen molar-refractivity contribution in [3.05, 3.63) is 70.4 Å². The molecule has 7 nitrogen and oxygen atoms in total. The quantitative estimate of drug-likeness (QED) is 0.576. The van der Waals surface area contributed by atoms with Gasteiger partial charge in [0, 0.05) is 19.8 Å². The Morgan fingerprint density at radius 3 is 2.38 bits per heavy atom. The maximum atomic E-state index is 13.1. The molecule has 32 heavy (non-hydrogen) atoms. The van der Waals surface area contributed by atoms with E-state index in [-0.39, 0.29) is 22.0 Å². The van der Waals surface area contributed by atoms with Gasteiger partial charge in [0.2, 0.25) is 0 Å². The standard InChI is InChI=1S/C20H18ClF3N4O3S/c1-12-4-7-14(8-5-12)32(30,31)28(3)19-15(11-25-27(19)2)18(29)26-13-6-9-17(21)16(10-13)20(22,23)24/h4-11H,1-3H3,(H,26,29). The fourth-order valence-electron chi connectivity index (χ4n) is 2.97. The summed E-state index contributed by atoms with van der Waals surface area (Å²) in [5.74, 6) is -0.900. The SMILES string of the molecule is Cc1ccc(S(=O)(=O)N(C)c2c(C(=O)Nc3ccc(Cl)c(C(F)(F)F)c3)cnn2C)cc1. The number of sulfonamides is 1. The molecule has 0 unspecified atom stereocenters. The van der Waals surface area contributed by atoms with Crippen molar-refractivity contribution in [2.45, 2.75) is 18.0 Å². The second-order valence-corrected chi connectivity index (χ2v) is 9.31. The summed E-state index contributed by atoms with van der Waals surface area (Å²) in [4.78, 5) is 12.8. The van der Waals surface area contributed by atoms with Gasteiger partial charge in [0.1, 0.15) is 5.56 Å². The molecule has 2 aromatic carbocycles. The van der Waals surface area contributed by atoms with Crippen molar-refractivity contribution in [1.29, 1.82) is 0 Å². The predicted octanol–water partition coefficient (Wildman–Crippen LogP) is 4.48. The largest absolute Gasteiger partial charge is 0.417 e. The third-order valence-electron chi connectivity index (χ3n) is 4.66. The molecule has 0 aliphatic carbocycles. The Morgan fingerprint density at radius 1 is 1.16 bits per heavy atom. The zero-order chi connectivity index (χ0) is 23.8. The highest BCUT2D eigenvalue weighted by Gasteiger charge is 2.34. The molecule has 1 amide bonds. The number of halogens is 4. The van der Waals surface area contributed by atoms with E-state index in [1.807, 2.05) is 6.92 Å². The van der Waals surface area contributed by atoms with Gasteiger partial charge in [0.15, 0.2) is 5.82 Å². The summed E-state index contributed by atoms with van der Waals surface area (Å²) in [6.45, 7) is 1.81. The van der Waals surface area contributed by atoms with Crippen LogP contribution in [0.3, 0.4) is 0 Å². The highest BCUT2D eigenvalue weighted by Crippen LogP contribution is 2.36. The van der Waals surface area contributed by atoms with Gasteiger partial charge in [-0.3, -0.25) is 13.8 Å². The topological polar surface area (TPSA) is 84.3 Å². The highest BCUT2D eigenvalue weighted by atomic mass is 35.5. The van der Waals surface area contributed by atoms with Crippen molar-refractivity contribution >= 4 is 39.0 Å². The summed E-state index contributed by atoms with van der Waals surface area (Å²) in [6.07, 6.45) is -3.58. The number of nitrogens with zero attached hydrogens (tertiary/aromatic N) is 3. The van der Waals surface area contributed by atoms with Crippen molar-refractivity contribution < 1.29 is 26.4 Å². The highest BCUT2D eigenvalue weighted by molar-refractivity contribution is 7.92. The van der Waals surface area contributed by atoms with Crippen LogP contribution in [0.15, 0.2) is 53.6 Å². The van der Waals surface area contributed by atoms with Gasteiger partial charge >= 0.3 is 6.18 Å². The first kappa shape index (κ1) is 23.6. The molecule has 1 heterocycles. The molecule has 12 heteroatoms. The van der Waals surface area contributed by atoms with Gasteiger partial charge in [-0.1, -0.05) is 29.3 Å². The molecule has 0 saturated heterocycles. The zero-order valence-electron chi connectivity index (χ0n) is 17.1. The lowest BCUT2D eigenvalue weighted by Crippen LogP contribution is -2.30. The molecule has 0 spiro atoms. The van der Waals surface area contributed by atoms with E-state index in [0.29, 0.717) is 6.07 Å². The molecule has 0 aliphatic rings. The lowest BCUT2D eigenvalue weighted by Gasteiger charge is -2.21. The Bertz CT molecular complexity index is 1270. The molecule has 0 saturated carbocycles. The fraction of sp³-hybridized carbons (Fsp3) is 0.200. The summed E-state index contributed by atoms with van der Waals surface area (Å²) < 4.78 is 67.4. The average molecular weight is 487 g/mol. The molecule has 0 bridgehead atoms. The summed E-state index contributed by atoms with van der Waals surface area (Å²) >= 11 is 5.60. The number of nitrogens with one attached hydrogen (secondary N) is 1. The first-order valence-electron chi connectivity index (χ1n) is 9.08. The van der Waals surface area contributed by atoms with Gasteiger partial charge in [-0.05, 0) is 37.3 Å². The number of amides is 1. The van der Waals surface area contributed by atoms with Gasteiger partial charge in [-0.15, -0.1) is 0 Å². The molecular weight excluding hydrogens is 469 g/mol. The van der Waals surface area contributed by atoms with Gasteiger partial charge in [-0.2, -0.15) is 18.3 Å². The van der Waals surface area contributed by atoms with Crippen LogP contribution in [0.1, 0.15) is 21.5 Å². The molecule has 3 aromatic rings. The summed E-state index contributed by atoms with van der Waals surface area (Å²) in [5, 5.41) is 5.76. The number of aromatic nitrogens is 2. The fourth-order valence-corrected chi connectivity index (χ4v) is 4.43. The molecular formula is C20H18ClF3N4O3S. The van der Waals surface area contributed by atoms with Crippen LogP contribution in [0.25, 0.3) is 0 Å². The molecule has 3 rings (SSSR count). The number of carbonyl (C=O) groups excluding carboxylic acids is 1. The summed E-state index contributed by atoms with van der Waals surface area (Å²) in [6, 6.07) is 9.06. The Kier molecular flexibility index (Phi) is 6.25. The third kappa shape index (κ3) is 4.58. The number of aryl methyl sites for hydroxylation is 2. The first-order valence-corrected chi connectivity index (χ1v) is 10.9. The Balaban J connectivity index is 1.95. The van der Waals surface area contributed by atoms with E-state index in [1.165, 1.54) is 37.0 Å². The molecule has 0 fully saturated rings. The molecule has 0 aliphatic heterocycles. The second-order valence-electron chi connectivity index (χ2n) is 6.94. The number of carbonyl (C=O) groups is 1. The number of hydrogen-bond acceptors (Lipinski definition) is 4. The molecule has 170 valence electrons. The van der Waals surface area contributed by atoms with Gasteiger partial charge in [-0.25, -0.2) is 8.42 Å². The van der Waals surface area contributed by atoms with Crippen LogP contribution >= 0.6 is 11.6 Å². The molecule has 1 aromatic heterocycles. The summed E-state index contributed by atoms with van der Waals surface area (Å²) in [7, 11) is -1.34. The van der Waals surface area contributed by atoms with Crippen molar-refractivity contribution in [3.63, 3.8) is 0 Å². The lowest BCUT2D eigenvalue weighted by atomic mass is 10.2. The maximum Gasteiger partial charge on any atom is 0.417 e.